The molecule has 0 spiro atoms. The quantitative estimate of drug-likeness (QED) is 0.606. The Bertz CT molecular complexity index is 266. The third-order valence-corrected chi connectivity index (χ3v) is 3.05. The molecule has 0 amide bonds. The van der Waals surface area contributed by atoms with Gasteiger partial charge in [0.2, 0.25) is 0 Å². The SMILES string of the molecule is CC(C)C1=CC2N=CSC2C=N1. The Balaban J connectivity index is 2.20. The Morgan fingerprint density at radius 2 is 2.33 bits per heavy atom. The average Bonchev–Trinajstić information content (AvgIpc) is 2.49. The van der Waals surface area contributed by atoms with E-state index in [0.29, 0.717) is 17.2 Å². The zero-order valence-corrected chi connectivity index (χ0v) is 8.08. The van der Waals surface area contributed by atoms with Crippen LogP contribution in [-0.4, -0.2) is 23.1 Å². The topological polar surface area (TPSA) is 24.7 Å². The first-order valence-electron chi connectivity index (χ1n) is 4.20. The summed E-state index contributed by atoms with van der Waals surface area (Å²) >= 11 is 1.75. The lowest BCUT2D eigenvalue weighted by Gasteiger charge is -2.17. The highest BCUT2D eigenvalue weighted by molar-refractivity contribution is 8.13. The van der Waals surface area contributed by atoms with Crippen molar-refractivity contribution in [2.24, 2.45) is 15.9 Å². The molecule has 0 aliphatic carbocycles. The van der Waals surface area contributed by atoms with Crippen LogP contribution in [0.3, 0.4) is 0 Å². The van der Waals surface area contributed by atoms with E-state index in [1.807, 2.05) is 11.8 Å². The summed E-state index contributed by atoms with van der Waals surface area (Å²) in [7, 11) is 0. The maximum absolute atomic E-state index is 4.41. The second-order valence-electron chi connectivity index (χ2n) is 3.37. The number of thioether (sulfide) groups is 1. The summed E-state index contributed by atoms with van der Waals surface area (Å²) in [6, 6.07) is 0.352. The Kier molecular flexibility index (Phi) is 2.05. The van der Waals surface area contributed by atoms with Gasteiger partial charge in [0.05, 0.1) is 16.8 Å². The minimum absolute atomic E-state index is 0.352. The molecule has 2 nitrogen and oxygen atoms in total. The highest BCUT2D eigenvalue weighted by atomic mass is 32.2. The molecule has 2 aliphatic heterocycles. The molecule has 0 fully saturated rings. The molecule has 0 aromatic rings. The lowest BCUT2D eigenvalue weighted by atomic mass is 10.0. The number of nitrogens with zero attached hydrogens (tertiary/aromatic N) is 2. The molecule has 0 saturated heterocycles. The van der Waals surface area contributed by atoms with Crippen molar-refractivity contribution < 1.29 is 0 Å². The van der Waals surface area contributed by atoms with Gasteiger partial charge in [0.25, 0.3) is 0 Å². The zero-order chi connectivity index (χ0) is 8.55. The van der Waals surface area contributed by atoms with Crippen molar-refractivity contribution in [3.8, 4) is 0 Å². The number of allylic oxidation sites excluding steroid dienone is 1. The molecule has 2 unspecified atom stereocenters. The molecule has 12 heavy (non-hydrogen) atoms. The Morgan fingerprint density at radius 1 is 1.50 bits per heavy atom. The largest absolute Gasteiger partial charge is 0.277 e. The van der Waals surface area contributed by atoms with Gasteiger partial charge in [-0.1, -0.05) is 13.8 Å². The van der Waals surface area contributed by atoms with E-state index < -0.39 is 0 Å². The molecule has 0 aromatic carbocycles. The van der Waals surface area contributed by atoms with E-state index in [4.69, 9.17) is 0 Å². The summed E-state index contributed by atoms with van der Waals surface area (Å²) in [5.74, 6) is 0.517. The van der Waals surface area contributed by atoms with Gasteiger partial charge in [0.1, 0.15) is 0 Å². The molecule has 2 atom stereocenters. The van der Waals surface area contributed by atoms with Crippen molar-refractivity contribution in [2.75, 3.05) is 0 Å². The van der Waals surface area contributed by atoms with Gasteiger partial charge in [-0.25, -0.2) is 0 Å². The fraction of sp³-hybridized carbons (Fsp3) is 0.556. The van der Waals surface area contributed by atoms with Crippen LogP contribution in [-0.2, 0) is 0 Å². The van der Waals surface area contributed by atoms with Crippen LogP contribution >= 0.6 is 11.8 Å². The molecule has 0 aromatic heterocycles. The summed E-state index contributed by atoms with van der Waals surface area (Å²) in [5.41, 5.74) is 3.11. The zero-order valence-electron chi connectivity index (χ0n) is 7.27. The lowest BCUT2D eigenvalue weighted by Crippen LogP contribution is -2.21. The molecule has 0 N–H and O–H groups in total. The Labute approximate surface area is 76.9 Å². The molecule has 3 heteroatoms. The Hall–Kier alpha value is -0.570. The van der Waals surface area contributed by atoms with Gasteiger partial charge in [-0.3, -0.25) is 9.98 Å². The van der Waals surface area contributed by atoms with Crippen molar-refractivity contribution in [1.82, 2.24) is 0 Å². The summed E-state index contributed by atoms with van der Waals surface area (Å²) in [5, 5.41) is 0.465. The molecule has 2 aliphatic rings. The number of rotatable bonds is 1. The van der Waals surface area contributed by atoms with Crippen molar-refractivity contribution in [1.29, 1.82) is 0 Å². The Morgan fingerprint density at radius 3 is 3.08 bits per heavy atom. The van der Waals surface area contributed by atoms with E-state index in [2.05, 4.69) is 29.9 Å². The van der Waals surface area contributed by atoms with Crippen LogP contribution in [0.2, 0.25) is 0 Å². The van der Waals surface area contributed by atoms with E-state index in [1.54, 1.807) is 11.8 Å². The second-order valence-corrected chi connectivity index (χ2v) is 4.40. The molecular weight excluding hydrogens is 168 g/mol. The van der Waals surface area contributed by atoms with Crippen LogP contribution < -0.4 is 0 Å². The molecule has 0 bridgehead atoms. The standard InChI is InChI=1S/C9H12N2S/c1-6(2)7-3-8-9(4-10-7)12-5-11-8/h3-6,8-9H,1-2H3. The monoisotopic (exact) mass is 180 g/mol. The summed E-state index contributed by atoms with van der Waals surface area (Å²) in [6.07, 6.45) is 4.21. The first-order chi connectivity index (χ1) is 5.77. The lowest BCUT2D eigenvalue weighted by molar-refractivity contribution is 0.728. The average molecular weight is 180 g/mol. The highest BCUT2D eigenvalue weighted by Crippen LogP contribution is 2.27. The molecule has 0 radical (unpaired) electrons. The number of hydrogen-bond acceptors (Lipinski definition) is 3. The van der Waals surface area contributed by atoms with Gasteiger partial charge in [-0.15, -0.1) is 11.8 Å². The maximum Gasteiger partial charge on any atom is 0.0879 e. The molecule has 2 rings (SSSR count). The van der Waals surface area contributed by atoms with Crippen molar-refractivity contribution in [3.63, 3.8) is 0 Å². The molecule has 0 saturated carbocycles. The number of fused-ring (bicyclic) bond motifs is 1. The van der Waals surface area contributed by atoms with Gasteiger partial charge in [-0.2, -0.15) is 0 Å². The van der Waals surface area contributed by atoms with Gasteiger partial charge in [0.15, 0.2) is 0 Å². The van der Waals surface area contributed by atoms with Crippen molar-refractivity contribution in [2.45, 2.75) is 25.1 Å². The van der Waals surface area contributed by atoms with Crippen molar-refractivity contribution in [3.05, 3.63) is 11.8 Å². The van der Waals surface area contributed by atoms with E-state index in [-0.39, 0.29) is 0 Å². The normalized spacial score (nSPS) is 32.4. The van der Waals surface area contributed by atoms with Crippen LogP contribution in [0.4, 0.5) is 0 Å². The summed E-state index contributed by atoms with van der Waals surface area (Å²) in [4.78, 5) is 8.77. The third-order valence-electron chi connectivity index (χ3n) is 2.09. The van der Waals surface area contributed by atoms with E-state index >= 15 is 0 Å². The van der Waals surface area contributed by atoms with Crippen LogP contribution in [0.1, 0.15) is 13.8 Å². The van der Waals surface area contributed by atoms with Crippen LogP contribution in [0, 0.1) is 5.92 Å². The van der Waals surface area contributed by atoms with E-state index in [0.717, 1.165) is 0 Å². The smallest absolute Gasteiger partial charge is 0.0879 e. The fourth-order valence-corrected chi connectivity index (χ4v) is 2.11. The van der Waals surface area contributed by atoms with Gasteiger partial charge in [-0.05, 0) is 12.0 Å². The number of hydrogen-bond donors (Lipinski definition) is 0. The van der Waals surface area contributed by atoms with Crippen molar-refractivity contribution >= 4 is 23.5 Å². The molecular formula is C9H12N2S. The van der Waals surface area contributed by atoms with Crippen LogP contribution in [0.25, 0.3) is 0 Å². The van der Waals surface area contributed by atoms with Crippen LogP contribution in [0.15, 0.2) is 21.8 Å². The van der Waals surface area contributed by atoms with Gasteiger partial charge >= 0.3 is 0 Å². The predicted molar refractivity (Wildman–Crippen MR) is 55.1 cm³/mol. The third kappa shape index (κ3) is 1.33. The van der Waals surface area contributed by atoms with E-state index in [1.165, 1.54) is 5.70 Å². The van der Waals surface area contributed by atoms with E-state index in [9.17, 15) is 0 Å². The summed E-state index contributed by atoms with van der Waals surface area (Å²) in [6.45, 7) is 4.32. The minimum Gasteiger partial charge on any atom is -0.277 e. The van der Waals surface area contributed by atoms with Gasteiger partial charge in [0, 0.05) is 11.9 Å². The van der Waals surface area contributed by atoms with Gasteiger partial charge < -0.3 is 0 Å². The first kappa shape index (κ1) is 8.05. The maximum atomic E-state index is 4.41. The molecule has 64 valence electrons. The molecule has 2 heterocycles. The summed E-state index contributed by atoms with van der Waals surface area (Å²) < 4.78 is 0. The highest BCUT2D eigenvalue weighted by Gasteiger charge is 2.25. The fourth-order valence-electron chi connectivity index (χ4n) is 1.32. The first-order valence-corrected chi connectivity index (χ1v) is 5.14. The minimum atomic E-state index is 0.352. The predicted octanol–water partition coefficient (Wildman–Crippen LogP) is 2.12. The number of aliphatic imine (C=N–C) groups is 2. The van der Waals surface area contributed by atoms with Crippen LogP contribution in [0.5, 0.6) is 0 Å². The second kappa shape index (κ2) is 3.05.